The van der Waals surface area contributed by atoms with Gasteiger partial charge in [-0.3, -0.25) is 18.6 Å². The Bertz CT molecular complexity index is 2120. The first-order valence-electron chi connectivity index (χ1n) is 10.1. The van der Waals surface area contributed by atoms with E-state index in [-0.39, 0.29) is 0 Å². The summed E-state index contributed by atoms with van der Waals surface area (Å²) in [6.07, 6.45) is 0. The minimum atomic E-state index is -5.22. The van der Waals surface area contributed by atoms with Crippen LogP contribution in [0.15, 0.2) is 72.2 Å². The molecule has 210 valence electrons. The molecule has 0 aliphatic heterocycles. The maximum absolute atomic E-state index is 12.2. The number of nitrogens with one attached hydrogen (secondary N) is 2. The highest BCUT2D eigenvalue weighted by atomic mass is 35.5. The zero-order chi connectivity index (χ0) is 29.6. The number of nitrogens with zero attached hydrogens (tertiary/aromatic N) is 4. The maximum Gasteiger partial charge on any atom is 0.350 e. The normalized spacial score (nSPS) is 12.7. The van der Waals surface area contributed by atoms with Crippen LogP contribution in [0, 0.1) is 0 Å². The molecule has 3 aromatic carbocycles. The summed E-state index contributed by atoms with van der Waals surface area (Å²) in [5.41, 5.74) is -2.85. The van der Waals surface area contributed by atoms with Gasteiger partial charge in [0.05, 0.1) is 10.6 Å². The lowest BCUT2D eigenvalue weighted by Gasteiger charge is -2.14. The molecule has 0 atom stereocenters. The van der Waals surface area contributed by atoms with Gasteiger partial charge in [-0.05, 0) is 47.3 Å². The number of phenolic OH excluding ortho intramolecular Hbond substituents is 1. The van der Waals surface area contributed by atoms with Crippen molar-refractivity contribution in [3.63, 3.8) is 0 Å². The summed E-state index contributed by atoms with van der Waals surface area (Å²) in [4.78, 5) is 18.2. The molecule has 0 amide bonds. The number of rotatable bonds is 7. The number of H-pyrrole nitrogens is 1. The van der Waals surface area contributed by atoms with E-state index in [9.17, 15) is 48.8 Å². The number of aromatic nitrogens is 3. The van der Waals surface area contributed by atoms with Crippen LogP contribution in [0.3, 0.4) is 0 Å². The maximum atomic E-state index is 12.2. The van der Waals surface area contributed by atoms with Crippen molar-refractivity contribution < 1.29 is 44.0 Å². The summed E-state index contributed by atoms with van der Waals surface area (Å²) in [6, 6.07) is 6.75. The molecule has 1 heterocycles. The van der Waals surface area contributed by atoms with Crippen LogP contribution in [0.4, 0.5) is 23.0 Å². The zero-order valence-corrected chi connectivity index (χ0v) is 22.3. The highest BCUT2D eigenvalue weighted by Crippen LogP contribution is 2.45. The van der Waals surface area contributed by atoms with Crippen molar-refractivity contribution in [2.45, 2.75) is 14.7 Å². The van der Waals surface area contributed by atoms with E-state index in [1.807, 2.05) is 4.98 Å². The van der Waals surface area contributed by atoms with Gasteiger partial charge in [-0.2, -0.15) is 35.2 Å². The first-order chi connectivity index (χ1) is 18.4. The standard InChI is InChI=1S/C19H13ClN6O11S3/c20-17-22-18(24-19(28)23-17)21-11-7-9(38(29,30)31)5-8-6-13(40(35,36)37)15(16(27)14(8)11)26-25-10-3-1-2-4-12(10)39(32,33)34/h1-7,27H,(H,29,30,31)(H,32,33,34)(H,35,36,37)(H2,21,22,23,24,28). The van der Waals surface area contributed by atoms with Crippen molar-refractivity contribution in [3.8, 4) is 5.75 Å². The third kappa shape index (κ3) is 6.07. The molecule has 0 spiro atoms. The van der Waals surface area contributed by atoms with E-state index in [4.69, 9.17) is 11.6 Å². The largest absolute Gasteiger partial charge is 0.505 e. The van der Waals surface area contributed by atoms with Crippen LogP contribution < -0.4 is 11.0 Å². The minimum absolute atomic E-state index is 0.406. The fourth-order valence-corrected chi connectivity index (χ4v) is 5.38. The minimum Gasteiger partial charge on any atom is -0.505 e. The van der Waals surface area contributed by atoms with Crippen LogP contribution in [0.2, 0.25) is 5.28 Å². The molecule has 21 heteroatoms. The molecule has 40 heavy (non-hydrogen) atoms. The number of hydrogen-bond donors (Lipinski definition) is 6. The number of fused-ring (bicyclic) bond motifs is 1. The van der Waals surface area contributed by atoms with Crippen LogP contribution in [0.5, 0.6) is 5.75 Å². The average Bonchev–Trinajstić information content (AvgIpc) is 2.80. The molecule has 6 N–H and O–H groups in total. The van der Waals surface area contributed by atoms with Crippen LogP contribution in [-0.2, 0) is 30.4 Å². The Balaban J connectivity index is 2.07. The van der Waals surface area contributed by atoms with E-state index in [1.165, 1.54) is 12.1 Å². The quantitative estimate of drug-likeness (QED) is 0.126. The summed E-state index contributed by atoms with van der Waals surface area (Å²) in [7, 11) is -15.0. The lowest BCUT2D eigenvalue weighted by Crippen LogP contribution is -2.14. The third-order valence-electron chi connectivity index (χ3n) is 4.97. The van der Waals surface area contributed by atoms with Crippen molar-refractivity contribution in [3.05, 3.63) is 58.2 Å². The number of benzene rings is 3. The van der Waals surface area contributed by atoms with Gasteiger partial charge < -0.3 is 10.4 Å². The average molecular weight is 633 g/mol. The molecule has 17 nitrogen and oxygen atoms in total. The second-order valence-electron chi connectivity index (χ2n) is 7.63. The van der Waals surface area contributed by atoms with Crippen LogP contribution in [-0.4, -0.2) is 59.0 Å². The summed E-state index contributed by atoms with van der Waals surface area (Å²) in [5, 5.41) is 19.4. The number of aromatic hydroxyl groups is 1. The number of halogens is 1. The van der Waals surface area contributed by atoms with Crippen molar-refractivity contribution in [1.82, 2.24) is 15.0 Å². The molecule has 0 fully saturated rings. The number of aromatic amines is 1. The highest BCUT2D eigenvalue weighted by Gasteiger charge is 2.26. The van der Waals surface area contributed by atoms with Gasteiger partial charge in [0.2, 0.25) is 11.2 Å². The molecular formula is C19H13ClN6O11S3. The van der Waals surface area contributed by atoms with Gasteiger partial charge in [-0.15, -0.1) is 10.2 Å². The lowest BCUT2D eigenvalue weighted by molar-refractivity contribution is 0.472. The topological polar surface area (TPSA) is 279 Å². The highest BCUT2D eigenvalue weighted by molar-refractivity contribution is 7.86. The monoisotopic (exact) mass is 632 g/mol. The Hall–Kier alpha value is -4.05. The number of phenols is 1. The zero-order valence-electron chi connectivity index (χ0n) is 19.1. The van der Waals surface area contributed by atoms with Gasteiger partial charge in [0.1, 0.15) is 21.2 Å². The summed E-state index contributed by atoms with van der Waals surface area (Å²) >= 11 is 5.70. The second-order valence-corrected chi connectivity index (χ2v) is 12.2. The van der Waals surface area contributed by atoms with Gasteiger partial charge in [-0.25, -0.2) is 4.79 Å². The Labute approximate surface area is 228 Å². The van der Waals surface area contributed by atoms with Crippen molar-refractivity contribution in [1.29, 1.82) is 0 Å². The second kappa shape index (κ2) is 10.2. The molecule has 0 saturated heterocycles. The molecule has 0 radical (unpaired) electrons. The lowest BCUT2D eigenvalue weighted by atomic mass is 10.1. The molecule has 0 saturated carbocycles. The predicted octanol–water partition coefficient (Wildman–Crippen LogP) is 2.58. The first kappa shape index (κ1) is 28.9. The smallest absolute Gasteiger partial charge is 0.350 e. The van der Waals surface area contributed by atoms with Crippen molar-refractivity contribution in [2.75, 3.05) is 5.32 Å². The summed E-state index contributed by atoms with van der Waals surface area (Å²) in [5.74, 6) is -1.58. The molecule has 0 aliphatic carbocycles. The first-order valence-corrected chi connectivity index (χ1v) is 14.8. The summed E-state index contributed by atoms with van der Waals surface area (Å²) < 4.78 is 100. The Morgan fingerprint density at radius 3 is 2.10 bits per heavy atom. The SMILES string of the molecule is O=c1nc(Nc2cc(S(=O)(=O)O)cc3cc(S(=O)(=O)O)c(N=Nc4ccccc4S(=O)(=O)O)c(O)c23)nc(Cl)[nH]1. The van der Waals surface area contributed by atoms with Gasteiger partial charge >= 0.3 is 5.69 Å². The molecular weight excluding hydrogens is 620 g/mol. The molecule has 0 unspecified atom stereocenters. The fourth-order valence-electron chi connectivity index (χ4n) is 3.40. The summed E-state index contributed by atoms with van der Waals surface area (Å²) in [6.45, 7) is 0. The van der Waals surface area contributed by atoms with Crippen LogP contribution in [0.25, 0.3) is 10.8 Å². The predicted molar refractivity (Wildman–Crippen MR) is 137 cm³/mol. The fraction of sp³-hybridized carbons (Fsp3) is 0. The molecule has 4 aromatic rings. The van der Waals surface area contributed by atoms with E-state index >= 15 is 0 Å². The van der Waals surface area contributed by atoms with Gasteiger partial charge in [0, 0.05) is 5.39 Å². The number of anilines is 2. The van der Waals surface area contributed by atoms with E-state index in [0.29, 0.717) is 6.07 Å². The molecule has 1 aromatic heterocycles. The van der Waals surface area contributed by atoms with E-state index in [1.54, 1.807) is 0 Å². The van der Waals surface area contributed by atoms with E-state index < -0.39 is 95.5 Å². The Morgan fingerprint density at radius 2 is 1.50 bits per heavy atom. The van der Waals surface area contributed by atoms with Crippen molar-refractivity contribution in [2.24, 2.45) is 10.2 Å². The van der Waals surface area contributed by atoms with Crippen molar-refractivity contribution >= 4 is 75.7 Å². The number of hydrogen-bond acceptors (Lipinski definition) is 13. The van der Waals surface area contributed by atoms with Gasteiger partial charge in [0.15, 0.2) is 5.75 Å². The van der Waals surface area contributed by atoms with Crippen LogP contribution >= 0.6 is 11.6 Å². The Kier molecular flexibility index (Phi) is 7.36. The van der Waals surface area contributed by atoms with Gasteiger partial charge in [0.25, 0.3) is 30.4 Å². The molecule has 4 rings (SSSR count). The third-order valence-corrected chi connectivity index (χ3v) is 7.75. The molecule has 0 aliphatic rings. The Morgan fingerprint density at radius 1 is 0.850 bits per heavy atom. The molecule has 0 bridgehead atoms. The van der Waals surface area contributed by atoms with Gasteiger partial charge in [-0.1, -0.05) is 12.1 Å². The number of azo groups is 1. The van der Waals surface area contributed by atoms with E-state index in [2.05, 4.69) is 25.5 Å². The van der Waals surface area contributed by atoms with Crippen LogP contribution in [0.1, 0.15) is 0 Å². The van der Waals surface area contributed by atoms with E-state index in [0.717, 1.165) is 24.3 Å².